The molecule has 0 unspecified atom stereocenters. The maximum absolute atomic E-state index is 11.0. The van der Waals surface area contributed by atoms with Crippen LogP contribution < -0.4 is 4.74 Å². The third-order valence-corrected chi connectivity index (χ3v) is 4.75. The van der Waals surface area contributed by atoms with E-state index in [-0.39, 0.29) is 5.41 Å². The third-order valence-electron chi connectivity index (χ3n) is 3.98. The van der Waals surface area contributed by atoms with Crippen molar-refractivity contribution in [3.8, 4) is 17.0 Å². The lowest BCUT2D eigenvalue weighted by atomic mass is 9.86. The monoisotopic (exact) mass is 351 g/mol. The lowest BCUT2D eigenvalue weighted by Crippen LogP contribution is -2.11. The number of hydrogen-bond acceptors (Lipinski definition) is 4. The van der Waals surface area contributed by atoms with E-state index < -0.39 is 0 Å². The van der Waals surface area contributed by atoms with Gasteiger partial charge in [0, 0.05) is 10.9 Å². The molecule has 1 aromatic heterocycles. The van der Waals surface area contributed by atoms with Gasteiger partial charge in [-0.2, -0.15) is 0 Å². The summed E-state index contributed by atoms with van der Waals surface area (Å²) in [7, 11) is 0. The fourth-order valence-corrected chi connectivity index (χ4v) is 3.14. The number of thiazole rings is 1. The summed E-state index contributed by atoms with van der Waals surface area (Å²) in [5, 5.41) is 2.38. The maximum Gasteiger partial charge on any atom is 0.178 e. The number of hydrogen-bond donors (Lipinski definition) is 0. The van der Waals surface area contributed by atoms with Gasteiger partial charge in [0.1, 0.15) is 12.4 Å². The fourth-order valence-electron chi connectivity index (χ4n) is 2.52. The molecular weight excluding hydrogens is 330 g/mol. The molecule has 0 aliphatic heterocycles. The fraction of sp³-hybridized carbons (Fsp3) is 0.238. The molecule has 0 bridgehead atoms. The van der Waals surface area contributed by atoms with Crippen molar-refractivity contribution >= 4 is 17.6 Å². The smallest absolute Gasteiger partial charge is 0.178 e. The van der Waals surface area contributed by atoms with Gasteiger partial charge in [-0.25, -0.2) is 4.98 Å². The van der Waals surface area contributed by atoms with Crippen LogP contribution in [0.1, 0.15) is 41.7 Å². The van der Waals surface area contributed by atoms with Gasteiger partial charge in [-0.15, -0.1) is 11.3 Å². The van der Waals surface area contributed by atoms with Crippen LogP contribution in [0, 0.1) is 0 Å². The van der Waals surface area contributed by atoms with E-state index in [9.17, 15) is 4.79 Å². The minimum absolute atomic E-state index is 0.0240. The van der Waals surface area contributed by atoms with Crippen LogP contribution >= 0.6 is 11.3 Å². The Kier molecular flexibility index (Phi) is 5.00. The minimum Gasteiger partial charge on any atom is -0.488 e. The first-order valence-corrected chi connectivity index (χ1v) is 9.07. The molecule has 1 heterocycles. The second-order valence-corrected chi connectivity index (χ2v) is 7.81. The van der Waals surface area contributed by atoms with Gasteiger partial charge < -0.3 is 4.74 Å². The molecule has 3 aromatic rings. The summed E-state index contributed by atoms with van der Waals surface area (Å²) < 4.78 is 6.06. The van der Waals surface area contributed by atoms with E-state index in [0.717, 1.165) is 28.9 Å². The summed E-state index contributed by atoms with van der Waals surface area (Å²) in [6.07, 6.45) is 0.784. The molecule has 25 heavy (non-hydrogen) atoms. The second kappa shape index (κ2) is 7.19. The second-order valence-electron chi connectivity index (χ2n) is 6.92. The van der Waals surface area contributed by atoms with Crippen LogP contribution in [-0.4, -0.2) is 11.3 Å². The lowest BCUT2D eigenvalue weighted by Gasteiger charge is -2.21. The zero-order valence-electron chi connectivity index (χ0n) is 14.7. The predicted molar refractivity (Wildman–Crippen MR) is 102 cm³/mol. The number of aromatic nitrogens is 1. The molecule has 0 aliphatic carbocycles. The van der Waals surface area contributed by atoms with Crippen molar-refractivity contribution in [2.75, 3.05) is 0 Å². The van der Waals surface area contributed by atoms with E-state index >= 15 is 0 Å². The van der Waals surface area contributed by atoms with Crippen LogP contribution in [0.3, 0.4) is 0 Å². The largest absolute Gasteiger partial charge is 0.488 e. The predicted octanol–water partition coefficient (Wildman–Crippen LogP) is 5.50. The van der Waals surface area contributed by atoms with Crippen molar-refractivity contribution in [1.29, 1.82) is 0 Å². The van der Waals surface area contributed by atoms with Crippen LogP contribution in [0.15, 0.2) is 53.9 Å². The highest BCUT2D eigenvalue weighted by atomic mass is 32.1. The number of nitrogens with zero attached hydrogens (tertiary/aromatic N) is 1. The van der Waals surface area contributed by atoms with E-state index in [2.05, 4.69) is 37.9 Å². The number of benzene rings is 2. The molecule has 0 spiro atoms. The SMILES string of the molecule is CC(C)(C)c1ccc(OCc2ccccc2)c(-c2csc(C=O)n2)c1. The highest BCUT2D eigenvalue weighted by Crippen LogP contribution is 2.35. The molecule has 0 amide bonds. The Labute approximate surface area is 152 Å². The third kappa shape index (κ3) is 4.15. The number of carbonyl (C=O) groups excluding carboxylic acids is 1. The van der Waals surface area contributed by atoms with Gasteiger partial charge in [-0.05, 0) is 28.7 Å². The Balaban J connectivity index is 1.97. The molecule has 0 fully saturated rings. The molecule has 2 aromatic carbocycles. The molecule has 128 valence electrons. The van der Waals surface area contributed by atoms with Crippen molar-refractivity contribution in [3.63, 3.8) is 0 Å². The van der Waals surface area contributed by atoms with Crippen molar-refractivity contribution in [2.45, 2.75) is 32.8 Å². The first kappa shape index (κ1) is 17.4. The molecule has 0 saturated carbocycles. The van der Waals surface area contributed by atoms with Crippen LogP contribution in [0.4, 0.5) is 0 Å². The summed E-state index contributed by atoms with van der Waals surface area (Å²) in [6, 6.07) is 16.3. The molecule has 0 atom stereocenters. The van der Waals surface area contributed by atoms with Crippen LogP contribution in [-0.2, 0) is 12.0 Å². The standard InChI is InChI=1S/C21H21NO2S/c1-21(2,3)16-9-10-19(24-13-15-7-5-4-6-8-15)17(11-16)18-14-25-20(12-23)22-18/h4-12,14H,13H2,1-3H3. The van der Waals surface area contributed by atoms with Gasteiger partial charge in [0.15, 0.2) is 11.3 Å². The lowest BCUT2D eigenvalue weighted by molar-refractivity contribution is 0.112. The van der Waals surface area contributed by atoms with Crippen molar-refractivity contribution in [3.05, 3.63) is 70.0 Å². The van der Waals surface area contributed by atoms with Crippen LogP contribution in [0.25, 0.3) is 11.3 Å². The summed E-state index contributed by atoms with van der Waals surface area (Å²) in [5.41, 5.74) is 4.04. The normalized spacial score (nSPS) is 11.3. The van der Waals surface area contributed by atoms with Crippen molar-refractivity contribution < 1.29 is 9.53 Å². The Hall–Kier alpha value is -2.46. The minimum atomic E-state index is 0.0240. The van der Waals surface area contributed by atoms with Crippen LogP contribution in [0.2, 0.25) is 0 Å². The first-order valence-electron chi connectivity index (χ1n) is 8.20. The molecule has 0 radical (unpaired) electrons. The summed E-state index contributed by atoms with van der Waals surface area (Å²) in [5.74, 6) is 0.777. The Morgan fingerprint density at radius 1 is 1.12 bits per heavy atom. The molecule has 0 aliphatic rings. The molecule has 3 nitrogen and oxygen atoms in total. The average Bonchev–Trinajstić information content (AvgIpc) is 3.09. The van der Waals surface area contributed by atoms with Gasteiger partial charge >= 0.3 is 0 Å². The van der Waals surface area contributed by atoms with Crippen molar-refractivity contribution in [2.24, 2.45) is 0 Å². The average molecular weight is 351 g/mol. The van der Waals surface area contributed by atoms with Crippen molar-refractivity contribution in [1.82, 2.24) is 4.98 Å². The van der Waals surface area contributed by atoms with Gasteiger partial charge in [-0.3, -0.25) is 4.79 Å². The summed E-state index contributed by atoms with van der Waals surface area (Å²) in [6.45, 7) is 7.02. The first-order chi connectivity index (χ1) is 12.0. The van der Waals surface area contributed by atoms with E-state index in [1.807, 2.05) is 41.8 Å². The Morgan fingerprint density at radius 2 is 1.88 bits per heavy atom. The zero-order valence-corrected chi connectivity index (χ0v) is 15.5. The number of rotatable bonds is 5. The van der Waals surface area contributed by atoms with Gasteiger partial charge in [-0.1, -0.05) is 57.2 Å². The Morgan fingerprint density at radius 3 is 2.52 bits per heavy atom. The zero-order chi connectivity index (χ0) is 17.9. The number of ether oxygens (including phenoxy) is 1. The summed E-state index contributed by atoms with van der Waals surface area (Å²) >= 11 is 1.35. The molecule has 3 rings (SSSR count). The topological polar surface area (TPSA) is 39.2 Å². The maximum atomic E-state index is 11.0. The van der Waals surface area contributed by atoms with Gasteiger partial charge in [0.25, 0.3) is 0 Å². The van der Waals surface area contributed by atoms with E-state index in [4.69, 9.17) is 4.74 Å². The molecule has 0 N–H and O–H groups in total. The molecular formula is C21H21NO2S. The number of carbonyl (C=O) groups is 1. The Bertz CT molecular complexity index is 863. The van der Waals surface area contributed by atoms with E-state index in [1.54, 1.807) is 0 Å². The van der Waals surface area contributed by atoms with Gasteiger partial charge in [0.05, 0.1) is 5.69 Å². The quantitative estimate of drug-likeness (QED) is 0.570. The van der Waals surface area contributed by atoms with E-state index in [0.29, 0.717) is 11.6 Å². The molecule has 4 heteroatoms. The van der Waals surface area contributed by atoms with E-state index in [1.165, 1.54) is 16.9 Å². The summed E-state index contributed by atoms with van der Waals surface area (Å²) in [4.78, 5) is 15.4. The van der Waals surface area contributed by atoms with Gasteiger partial charge in [0.2, 0.25) is 0 Å². The highest BCUT2D eigenvalue weighted by molar-refractivity contribution is 7.11. The molecule has 0 saturated heterocycles. The van der Waals surface area contributed by atoms with Crippen LogP contribution in [0.5, 0.6) is 5.75 Å². The highest BCUT2D eigenvalue weighted by Gasteiger charge is 2.18. The number of aldehydes is 1.